The van der Waals surface area contributed by atoms with E-state index < -0.39 is 0 Å². The third-order valence-electron chi connectivity index (χ3n) is 3.66. The lowest BCUT2D eigenvalue weighted by atomic mass is 10.1. The van der Waals surface area contributed by atoms with E-state index in [1.807, 2.05) is 41.8 Å². The van der Waals surface area contributed by atoms with E-state index in [1.165, 1.54) is 0 Å². The number of nitrogens with one attached hydrogen (secondary N) is 1. The van der Waals surface area contributed by atoms with Crippen molar-refractivity contribution in [2.45, 2.75) is 25.8 Å². The topological polar surface area (TPSA) is 58.0 Å². The maximum Gasteiger partial charge on any atom is 0.172 e. The van der Waals surface area contributed by atoms with Gasteiger partial charge in [0.15, 0.2) is 5.82 Å². The highest BCUT2D eigenvalue weighted by molar-refractivity contribution is 7.13. The number of anilines is 1. The molecular formula is C17H19N3OS. The van der Waals surface area contributed by atoms with E-state index in [-0.39, 0.29) is 12.6 Å². The van der Waals surface area contributed by atoms with Crippen molar-refractivity contribution in [2.24, 2.45) is 0 Å². The zero-order valence-corrected chi connectivity index (χ0v) is 13.3. The summed E-state index contributed by atoms with van der Waals surface area (Å²) in [7, 11) is 0. The van der Waals surface area contributed by atoms with Gasteiger partial charge in [-0.3, -0.25) is 0 Å². The lowest BCUT2D eigenvalue weighted by Crippen LogP contribution is -2.21. The summed E-state index contributed by atoms with van der Waals surface area (Å²) in [5, 5.41) is 15.7. The Morgan fingerprint density at radius 3 is 2.77 bits per heavy atom. The van der Waals surface area contributed by atoms with Crippen molar-refractivity contribution in [1.29, 1.82) is 0 Å². The Hall–Kier alpha value is -1.98. The summed E-state index contributed by atoms with van der Waals surface area (Å²) in [6, 6.07) is 12.3. The summed E-state index contributed by atoms with van der Waals surface area (Å²) in [6.07, 6.45) is 1.65. The van der Waals surface area contributed by atoms with Crippen LogP contribution in [0.4, 0.5) is 5.82 Å². The number of aliphatic hydroxyl groups excluding tert-OH is 1. The summed E-state index contributed by atoms with van der Waals surface area (Å²) in [6.45, 7) is 2.28. The average molecular weight is 313 g/mol. The number of aromatic nitrogens is 2. The van der Waals surface area contributed by atoms with Crippen molar-refractivity contribution < 1.29 is 5.11 Å². The van der Waals surface area contributed by atoms with E-state index in [0.29, 0.717) is 6.42 Å². The molecule has 0 spiro atoms. The highest BCUT2D eigenvalue weighted by atomic mass is 32.1. The molecule has 2 N–H and O–H groups in total. The first-order valence-electron chi connectivity index (χ1n) is 7.50. The minimum absolute atomic E-state index is 0.173. The maximum atomic E-state index is 9.19. The molecule has 4 nitrogen and oxygen atoms in total. The van der Waals surface area contributed by atoms with E-state index >= 15 is 0 Å². The number of benzene rings is 1. The quantitative estimate of drug-likeness (QED) is 0.724. The van der Waals surface area contributed by atoms with Gasteiger partial charge in [-0.05, 0) is 36.4 Å². The van der Waals surface area contributed by atoms with Gasteiger partial charge in [0.05, 0.1) is 10.4 Å². The number of nitrogens with zero attached hydrogens (tertiary/aromatic N) is 2. The Bertz CT molecular complexity index is 743. The summed E-state index contributed by atoms with van der Waals surface area (Å²) < 4.78 is 0. The van der Waals surface area contributed by atoms with Crippen LogP contribution in [0.15, 0.2) is 41.8 Å². The molecule has 0 bridgehead atoms. The number of rotatable bonds is 6. The molecule has 0 saturated heterocycles. The van der Waals surface area contributed by atoms with Crippen molar-refractivity contribution in [1.82, 2.24) is 9.97 Å². The molecule has 114 valence electrons. The summed E-state index contributed by atoms with van der Waals surface area (Å²) in [5.41, 5.74) is 0.933. The van der Waals surface area contributed by atoms with Gasteiger partial charge in [0.1, 0.15) is 5.82 Å². The standard InChI is InChI=1S/C17H19N3OS/c1-2-12(9-10-21)18-16-13-6-3-4-7-14(13)19-17(20-16)15-8-5-11-22-15/h3-8,11-12,21H,2,9-10H2,1H3,(H,18,19,20). The molecule has 0 fully saturated rings. The van der Waals surface area contributed by atoms with Crippen LogP contribution in [0.2, 0.25) is 0 Å². The van der Waals surface area contributed by atoms with Crippen LogP contribution < -0.4 is 5.32 Å². The lowest BCUT2D eigenvalue weighted by molar-refractivity contribution is 0.278. The molecule has 2 aromatic heterocycles. The smallest absolute Gasteiger partial charge is 0.172 e. The molecule has 0 aliphatic carbocycles. The number of thiophene rings is 1. The fourth-order valence-corrected chi connectivity index (χ4v) is 3.09. The number of para-hydroxylation sites is 1. The Morgan fingerprint density at radius 1 is 1.18 bits per heavy atom. The molecule has 0 amide bonds. The normalized spacial score (nSPS) is 12.5. The lowest BCUT2D eigenvalue weighted by Gasteiger charge is -2.18. The average Bonchev–Trinajstić information content (AvgIpc) is 3.08. The van der Waals surface area contributed by atoms with Gasteiger partial charge in [0.25, 0.3) is 0 Å². The van der Waals surface area contributed by atoms with Gasteiger partial charge in [0, 0.05) is 18.0 Å². The Morgan fingerprint density at radius 2 is 2.05 bits per heavy atom. The minimum Gasteiger partial charge on any atom is -0.396 e. The Balaban J connectivity index is 2.06. The molecule has 0 aliphatic rings. The highest BCUT2D eigenvalue weighted by Gasteiger charge is 2.13. The van der Waals surface area contributed by atoms with Crippen molar-refractivity contribution in [3.8, 4) is 10.7 Å². The molecule has 1 aromatic carbocycles. The predicted octanol–water partition coefficient (Wildman–Crippen LogP) is 3.93. The van der Waals surface area contributed by atoms with E-state index in [0.717, 1.165) is 33.8 Å². The monoisotopic (exact) mass is 313 g/mol. The van der Waals surface area contributed by atoms with Gasteiger partial charge in [-0.1, -0.05) is 25.1 Å². The molecule has 0 saturated carbocycles. The van der Waals surface area contributed by atoms with Gasteiger partial charge < -0.3 is 10.4 Å². The molecule has 22 heavy (non-hydrogen) atoms. The fourth-order valence-electron chi connectivity index (χ4n) is 2.43. The molecule has 1 atom stereocenters. The van der Waals surface area contributed by atoms with Crippen LogP contribution >= 0.6 is 11.3 Å². The molecule has 0 radical (unpaired) electrons. The first-order valence-corrected chi connectivity index (χ1v) is 8.38. The van der Waals surface area contributed by atoms with Crippen molar-refractivity contribution >= 4 is 28.1 Å². The van der Waals surface area contributed by atoms with E-state index in [1.54, 1.807) is 11.3 Å². The molecule has 1 unspecified atom stereocenters. The summed E-state index contributed by atoms with van der Waals surface area (Å²) in [5.74, 6) is 1.59. The van der Waals surface area contributed by atoms with Gasteiger partial charge in [-0.2, -0.15) is 0 Å². The molecule has 0 aliphatic heterocycles. The van der Waals surface area contributed by atoms with Gasteiger partial charge in [-0.15, -0.1) is 11.3 Å². The third kappa shape index (κ3) is 3.10. The molecule has 3 aromatic rings. The van der Waals surface area contributed by atoms with Crippen LogP contribution in [0, 0.1) is 0 Å². The second kappa shape index (κ2) is 6.85. The van der Waals surface area contributed by atoms with Crippen LogP contribution in [0.25, 0.3) is 21.6 Å². The van der Waals surface area contributed by atoms with Crippen LogP contribution in [-0.2, 0) is 0 Å². The van der Waals surface area contributed by atoms with Gasteiger partial charge >= 0.3 is 0 Å². The largest absolute Gasteiger partial charge is 0.396 e. The molecule has 5 heteroatoms. The SMILES string of the molecule is CCC(CCO)Nc1nc(-c2cccs2)nc2ccccc12. The summed E-state index contributed by atoms with van der Waals surface area (Å²) in [4.78, 5) is 10.4. The fraction of sp³-hybridized carbons (Fsp3) is 0.294. The molecule has 2 heterocycles. The number of hydrogen-bond donors (Lipinski definition) is 2. The summed E-state index contributed by atoms with van der Waals surface area (Å²) >= 11 is 1.64. The first kappa shape index (κ1) is 14.9. The van der Waals surface area contributed by atoms with E-state index in [4.69, 9.17) is 4.98 Å². The molecule has 3 rings (SSSR count). The second-order valence-corrected chi connectivity index (χ2v) is 6.10. The van der Waals surface area contributed by atoms with Crippen molar-refractivity contribution in [3.63, 3.8) is 0 Å². The van der Waals surface area contributed by atoms with Crippen LogP contribution in [0.5, 0.6) is 0 Å². The Kier molecular flexibility index (Phi) is 4.65. The van der Waals surface area contributed by atoms with E-state index in [2.05, 4.69) is 17.2 Å². The predicted molar refractivity (Wildman–Crippen MR) is 92.3 cm³/mol. The second-order valence-electron chi connectivity index (χ2n) is 5.15. The molecular weight excluding hydrogens is 294 g/mol. The minimum atomic E-state index is 0.173. The number of fused-ring (bicyclic) bond motifs is 1. The zero-order valence-electron chi connectivity index (χ0n) is 12.5. The Labute approximate surface area is 133 Å². The van der Waals surface area contributed by atoms with Gasteiger partial charge in [0.2, 0.25) is 0 Å². The number of hydrogen-bond acceptors (Lipinski definition) is 5. The van der Waals surface area contributed by atoms with Crippen LogP contribution in [-0.4, -0.2) is 27.7 Å². The van der Waals surface area contributed by atoms with E-state index in [9.17, 15) is 5.11 Å². The zero-order chi connectivity index (χ0) is 15.4. The maximum absolute atomic E-state index is 9.19. The van der Waals surface area contributed by atoms with Crippen LogP contribution in [0.3, 0.4) is 0 Å². The van der Waals surface area contributed by atoms with Crippen LogP contribution in [0.1, 0.15) is 19.8 Å². The van der Waals surface area contributed by atoms with Crippen molar-refractivity contribution in [2.75, 3.05) is 11.9 Å². The highest BCUT2D eigenvalue weighted by Crippen LogP contribution is 2.28. The van der Waals surface area contributed by atoms with Gasteiger partial charge in [-0.25, -0.2) is 9.97 Å². The number of aliphatic hydroxyl groups is 1. The third-order valence-corrected chi connectivity index (χ3v) is 4.52. The first-order chi connectivity index (χ1) is 10.8. The van der Waals surface area contributed by atoms with Crippen molar-refractivity contribution in [3.05, 3.63) is 41.8 Å².